The predicted octanol–water partition coefficient (Wildman–Crippen LogP) is 4.52. The van der Waals surface area contributed by atoms with E-state index >= 15 is 0 Å². The van der Waals surface area contributed by atoms with E-state index in [4.69, 9.17) is 14.2 Å². The van der Waals surface area contributed by atoms with Crippen LogP contribution < -0.4 is 19.6 Å². The zero-order chi connectivity index (χ0) is 19.1. The standard InChI is InChI=1S/C17H15Br3N2O4/c1-24-14-4-3-10(5-12(14)19)8-21-22-16(23)9-26-17-13(20)6-11(18)7-15(17)25-2/h3-8H,9H2,1-2H3,(H,22,23)/b21-8+. The maximum absolute atomic E-state index is 11.9. The van der Waals surface area contributed by atoms with Crippen LogP contribution in [-0.2, 0) is 4.79 Å². The van der Waals surface area contributed by atoms with Crippen molar-refractivity contribution in [3.8, 4) is 17.2 Å². The van der Waals surface area contributed by atoms with Crippen molar-refractivity contribution < 1.29 is 19.0 Å². The summed E-state index contributed by atoms with van der Waals surface area (Å²) in [6.45, 7) is -0.208. The number of methoxy groups -OCH3 is 2. The first kappa shape index (κ1) is 20.7. The Bertz CT molecular complexity index is 828. The number of carbonyl (C=O) groups is 1. The number of hydrogen-bond acceptors (Lipinski definition) is 5. The number of ether oxygens (including phenoxy) is 3. The lowest BCUT2D eigenvalue weighted by atomic mass is 10.2. The first-order chi connectivity index (χ1) is 12.4. The molecule has 2 aromatic rings. The van der Waals surface area contributed by atoms with Crippen LogP contribution in [0.5, 0.6) is 17.2 Å². The van der Waals surface area contributed by atoms with Gasteiger partial charge in [0.15, 0.2) is 18.1 Å². The van der Waals surface area contributed by atoms with Crippen LogP contribution >= 0.6 is 47.8 Å². The molecular weight excluding hydrogens is 536 g/mol. The molecular formula is C17H15Br3N2O4. The summed E-state index contributed by atoms with van der Waals surface area (Å²) in [5.74, 6) is 1.26. The first-order valence-corrected chi connectivity index (χ1v) is 9.63. The topological polar surface area (TPSA) is 69.2 Å². The van der Waals surface area contributed by atoms with Gasteiger partial charge in [-0.1, -0.05) is 15.9 Å². The summed E-state index contributed by atoms with van der Waals surface area (Å²) in [6.07, 6.45) is 1.53. The number of rotatable bonds is 7. The second kappa shape index (κ2) is 9.94. The van der Waals surface area contributed by atoms with E-state index in [0.29, 0.717) is 21.7 Å². The largest absolute Gasteiger partial charge is 0.496 e. The molecule has 2 aromatic carbocycles. The summed E-state index contributed by atoms with van der Waals surface area (Å²) < 4.78 is 18.2. The zero-order valence-corrected chi connectivity index (χ0v) is 18.6. The number of halogens is 3. The van der Waals surface area contributed by atoms with Crippen molar-refractivity contribution in [2.45, 2.75) is 0 Å². The molecule has 0 unspecified atom stereocenters. The SMILES string of the molecule is COc1ccc(/C=N/NC(=O)COc2c(Br)cc(Br)cc2OC)cc1Br. The minimum atomic E-state index is -0.398. The highest BCUT2D eigenvalue weighted by molar-refractivity contribution is 9.11. The van der Waals surface area contributed by atoms with Gasteiger partial charge >= 0.3 is 0 Å². The van der Waals surface area contributed by atoms with Gasteiger partial charge < -0.3 is 14.2 Å². The Morgan fingerprint density at radius 3 is 2.46 bits per heavy atom. The fraction of sp³-hybridized carbons (Fsp3) is 0.176. The average molecular weight is 551 g/mol. The van der Waals surface area contributed by atoms with Gasteiger partial charge in [0, 0.05) is 4.47 Å². The fourth-order valence-corrected chi connectivity index (χ4v) is 3.80. The number of benzene rings is 2. The minimum Gasteiger partial charge on any atom is -0.496 e. The highest BCUT2D eigenvalue weighted by Gasteiger charge is 2.12. The Morgan fingerprint density at radius 2 is 1.81 bits per heavy atom. The molecule has 0 saturated carbocycles. The second-order valence-corrected chi connectivity index (χ2v) is 7.52. The van der Waals surface area contributed by atoms with Gasteiger partial charge in [-0.25, -0.2) is 5.43 Å². The number of hydrazone groups is 1. The van der Waals surface area contributed by atoms with Crippen molar-refractivity contribution >= 4 is 59.9 Å². The van der Waals surface area contributed by atoms with Gasteiger partial charge in [-0.3, -0.25) is 4.79 Å². The first-order valence-electron chi connectivity index (χ1n) is 7.26. The van der Waals surface area contributed by atoms with Crippen LogP contribution in [-0.4, -0.2) is 32.9 Å². The summed E-state index contributed by atoms with van der Waals surface area (Å²) in [6, 6.07) is 9.00. The third kappa shape index (κ3) is 5.72. The van der Waals surface area contributed by atoms with E-state index in [-0.39, 0.29) is 6.61 Å². The molecule has 0 aliphatic carbocycles. The molecule has 6 nitrogen and oxygen atoms in total. The molecule has 0 saturated heterocycles. The van der Waals surface area contributed by atoms with Crippen molar-refractivity contribution in [3.63, 3.8) is 0 Å². The fourth-order valence-electron chi connectivity index (χ4n) is 1.94. The predicted molar refractivity (Wildman–Crippen MR) is 110 cm³/mol. The van der Waals surface area contributed by atoms with Crippen LogP contribution in [0.2, 0.25) is 0 Å². The molecule has 26 heavy (non-hydrogen) atoms. The maximum Gasteiger partial charge on any atom is 0.277 e. The molecule has 1 N–H and O–H groups in total. The number of nitrogens with zero attached hydrogens (tertiary/aromatic N) is 1. The van der Waals surface area contributed by atoms with E-state index in [0.717, 1.165) is 14.5 Å². The van der Waals surface area contributed by atoms with Crippen LogP contribution in [0.25, 0.3) is 0 Å². The quantitative estimate of drug-likeness (QED) is 0.406. The molecule has 1 amide bonds. The molecule has 0 aromatic heterocycles. The summed E-state index contributed by atoms with van der Waals surface area (Å²) >= 11 is 10.1. The second-order valence-electron chi connectivity index (χ2n) is 4.89. The van der Waals surface area contributed by atoms with E-state index in [2.05, 4.69) is 58.3 Å². The molecule has 0 fully saturated rings. The average Bonchev–Trinajstić information content (AvgIpc) is 2.60. The lowest BCUT2D eigenvalue weighted by Gasteiger charge is -2.12. The smallest absolute Gasteiger partial charge is 0.277 e. The highest BCUT2D eigenvalue weighted by Crippen LogP contribution is 2.38. The van der Waals surface area contributed by atoms with Crippen molar-refractivity contribution in [1.29, 1.82) is 0 Å². The molecule has 0 spiro atoms. The normalized spacial score (nSPS) is 10.7. The molecule has 138 valence electrons. The van der Waals surface area contributed by atoms with E-state index in [1.54, 1.807) is 25.3 Å². The molecule has 2 rings (SSSR count). The van der Waals surface area contributed by atoms with E-state index in [1.807, 2.05) is 12.1 Å². The van der Waals surface area contributed by atoms with Crippen LogP contribution in [0.15, 0.2) is 48.9 Å². The van der Waals surface area contributed by atoms with Gasteiger partial charge in [0.1, 0.15) is 5.75 Å². The lowest BCUT2D eigenvalue weighted by Crippen LogP contribution is -2.24. The summed E-state index contributed by atoms with van der Waals surface area (Å²) in [7, 11) is 3.12. The number of amides is 1. The van der Waals surface area contributed by atoms with Crippen LogP contribution in [0, 0.1) is 0 Å². The summed E-state index contributed by atoms with van der Waals surface area (Å²) in [5.41, 5.74) is 3.21. The highest BCUT2D eigenvalue weighted by atomic mass is 79.9. The van der Waals surface area contributed by atoms with Crippen molar-refractivity contribution in [3.05, 3.63) is 49.3 Å². The molecule has 0 radical (unpaired) electrons. The Balaban J connectivity index is 1.93. The Kier molecular flexibility index (Phi) is 7.92. The van der Waals surface area contributed by atoms with Gasteiger partial charge in [-0.2, -0.15) is 5.10 Å². The van der Waals surface area contributed by atoms with Crippen molar-refractivity contribution in [1.82, 2.24) is 5.43 Å². The van der Waals surface area contributed by atoms with E-state index in [9.17, 15) is 4.79 Å². The van der Waals surface area contributed by atoms with Crippen LogP contribution in [0.3, 0.4) is 0 Å². The van der Waals surface area contributed by atoms with Gasteiger partial charge in [0.05, 0.1) is 29.4 Å². The summed E-state index contributed by atoms with van der Waals surface area (Å²) in [5, 5.41) is 3.91. The molecule has 0 atom stereocenters. The monoisotopic (exact) mass is 548 g/mol. The van der Waals surface area contributed by atoms with Crippen LogP contribution in [0.4, 0.5) is 0 Å². The van der Waals surface area contributed by atoms with Gasteiger partial charge in [-0.05, 0) is 67.8 Å². The van der Waals surface area contributed by atoms with Crippen molar-refractivity contribution in [2.24, 2.45) is 5.10 Å². The zero-order valence-electron chi connectivity index (χ0n) is 13.9. The number of hydrogen-bond donors (Lipinski definition) is 1. The van der Waals surface area contributed by atoms with E-state index in [1.165, 1.54) is 13.3 Å². The molecule has 9 heteroatoms. The molecule has 0 aliphatic rings. The Hall–Kier alpha value is -1.58. The Morgan fingerprint density at radius 1 is 1.08 bits per heavy atom. The van der Waals surface area contributed by atoms with E-state index < -0.39 is 5.91 Å². The number of carbonyl (C=O) groups excluding carboxylic acids is 1. The van der Waals surface area contributed by atoms with Crippen molar-refractivity contribution in [2.75, 3.05) is 20.8 Å². The Labute approximate surface area is 176 Å². The van der Waals surface area contributed by atoms with Crippen LogP contribution in [0.1, 0.15) is 5.56 Å². The summed E-state index contributed by atoms with van der Waals surface area (Å²) in [4.78, 5) is 11.9. The third-order valence-electron chi connectivity index (χ3n) is 3.12. The molecule has 0 aliphatic heterocycles. The number of nitrogens with one attached hydrogen (secondary N) is 1. The lowest BCUT2D eigenvalue weighted by molar-refractivity contribution is -0.123. The van der Waals surface area contributed by atoms with Gasteiger partial charge in [0.25, 0.3) is 5.91 Å². The third-order valence-corrected chi connectivity index (χ3v) is 4.79. The molecule has 0 bridgehead atoms. The molecule has 0 heterocycles. The maximum atomic E-state index is 11.9. The van der Waals surface area contributed by atoms with Gasteiger partial charge in [0.2, 0.25) is 0 Å². The minimum absolute atomic E-state index is 0.208. The van der Waals surface area contributed by atoms with Gasteiger partial charge in [-0.15, -0.1) is 0 Å².